The van der Waals surface area contributed by atoms with E-state index in [1.54, 1.807) is 0 Å². The zero-order chi connectivity index (χ0) is 17.1. The zero-order valence-corrected chi connectivity index (χ0v) is 15.4. The second kappa shape index (κ2) is 7.49. The van der Waals surface area contributed by atoms with Gasteiger partial charge in [0.05, 0.1) is 12.6 Å². The molecule has 0 amide bonds. The van der Waals surface area contributed by atoms with Crippen LogP contribution >= 0.6 is 11.8 Å². The van der Waals surface area contributed by atoms with Gasteiger partial charge in [-0.25, -0.2) is 0 Å². The van der Waals surface area contributed by atoms with Crippen LogP contribution in [0.2, 0.25) is 0 Å². The number of aryl methyl sites for hydroxylation is 2. The first-order valence-corrected chi connectivity index (χ1v) is 9.76. The molecule has 24 heavy (non-hydrogen) atoms. The third-order valence-corrected chi connectivity index (χ3v) is 5.09. The number of hydrogen-bond donors (Lipinski definition) is 1. The van der Waals surface area contributed by atoms with Gasteiger partial charge in [0.15, 0.2) is 0 Å². The minimum Gasteiger partial charge on any atom is -0.494 e. The number of hydrogen-bond acceptors (Lipinski definition) is 4. The number of rotatable bonds is 6. The Morgan fingerprint density at radius 1 is 1.25 bits per heavy atom. The molecule has 0 saturated carbocycles. The van der Waals surface area contributed by atoms with Crippen LogP contribution in [0.4, 0.5) is 0 Å². The lowest BCUT2D eigenvalue weighted by Gasteiger charge is -2.16. The van der Waals surface area contributed by atoms with Gasteiger partial charge in [0.1, 0.15) is 18.1 Å². The SMILES string of the molecule is CSCCCOc1cc(C)c(-c2cccc3c2OCC3N)c(C)c1. The monoisotopic (exact) mass is 343 g/mol. The number of benzene rings is 2. The average Bonchev–Trinajstić information content (AvgIpc) is 2.93. The van der Waals surface area contributed by atoms with E-state index in [1.807, 2.05) is 11.8 Å². The van der Waals surface area contributed by atoms with Gasteiger partial charge in [-0.2, -0.15) is 11.8 Å². The standard InChI is InChI=1S/C20H25NO2S/c1-13-10-15(22-8-5-9-24-3)11-14(2)19(13)17-7-4-6-16-18(21)12-23-20(16)17/h4,6-7,10-11,18H,5,8-9,12,21H2,1-3H3. The van der Waals surface area contributed by atoms with E-state index in [0.717, 1.165) is 41.4 Å². The lowest BCUT2D eigenvalue weighted by Crippen LogP contribution is -2.10. The lowest BCUT2D eigenvalue weighted by molar-refractivity contribution is 0.318. The van der Waals surface area contributed by atoms with E-state index in [-0.39, 0.29) is 6.04 Å². The minimum atomic E-state index is -0.0281. The van der Waals surface area contributed by atoms with Crippen LogP contribution in [-0.2, 0) is 0 Å². The molecule has 2 aromatic carbocycles. The fourth-order valence-electron chi connectivity index (χ4n) is 3.29. The molecule has 4 heteroatoms. The van der Waals surface area contributed by atoms with E-state index in [2.05, 4.69) is 50.4 Å². The molecule has 1 aliphatic rings. The van der Waals surface area contributed by atoms with E-state index >= 15 is 0 Å². The van der Waals surface area contributed by atoms with Crippen molar-refractivity contribution in [3.8, 4) is 22.6 Å². The highest BCUT2D eigenvalue weighted by atomic mass is 32.2. The van der Waals surface area contributed by atoms with Crippen molar-refractivity contribution in [2.24, 2.45) is 5.73 Å². The van der Waals surface area contributed by atoms with E-state index in [9.17, 15) is 0 Å². The molecule has 1 atom stereocenters. The van der Waals surface area contributed by atoms with Crippen LogP contribution in [0.15, 0.2) is 30.3 Å². The summed E-state index contributed by atoms with van der Waals surface area (Å²) in [6.07, 6.45) is 3.19. The van der Waals surface area contributed by atoms with Crippen molar-refractivity contribution in [1.82, 2.24) is 0 Å². The fraction of sp³-hybridized carbons (Fsp3) is 0.400. The van der Waals surface area contributed by atoms with Gasteiger partial charge in [0.25, 0.3) is 0 Å². The molecule has 3 nitrogen and oxygen atoms in total. The van der Waals surface area contributed by atoms with Crippen molar-refractivity contribution in [3.05, 3.63) is 47.0 Å². The van der Waals surface area contributed by atoms with E-state index in [0.29, 0.717) is 6.61 Å². The summed E-state index contributed by atoms with van der Waals surface area (Å²) in [6, 6.07) is 10.5. The molecule has 0 radical (unpaired) electrons. The van der Waals surface area contributed by atoms with Gasteiger partial charge in [-0.3, -0.25) is 0 Å². The van der Waals surface area contributed by atoms with Crippen LogP contribution in [0.5, 0.6) is 11.5 Å². The molecule has 2 N–H and O–H groups in total. The molecule has 128 valence electrons. The highest BCUT2D eigenvalue weighted by Crippen LogP contribution is 2.42. The summed E-state index contributed by atoms with van der Waals surface area (Å²) in [5.41, 5.74) is 12.0. The second-order valence-electron chi connectivity index (χ2n) is 6.27. The van der Waals surface area contributed by atoms with E-state index in [4.69, 9.17) is 15.2 Å². The van der Waals surface area contributed by atoms with E-state index in [1.165, 1.54) is 16.7 Å². The molecule has 0 aliphatic carbocycles. The largest absolute Gasteiger partial charge is 0.494 e. The molecule has 0 spiro atoms. The first-order valence-electron chi connectivity index (χ1n) is 8.36. The van der Waals surface area contributed by atoms with Crippen molar-refractivity contribution < 1.29 is 9.47 Å². The van der Waals surface area contributed by atoms with Gasteiger partial charge in [-0.15, -0.1) is 0 Å². The molecule has 0 saturated heterocycles. The predicted molar refractivity (Wildman–Crippen MR) is 102 cm³/mol. The third-order valence-electron chi connectivity index (χ3n) is 4.39. The summed E-state index contributed by atoms with van der Waals surface area (Å²) in [5, 5.41) is 0. The second-order valence-corrected chi connectivity index (χ2v) is 7.25. The van der Waals surface area contributed by atoms with Gasteiger partial charge in [-0.1, -0.05) is 18.2 Å². The number of ether oxygens (including phenoxy) is 2. The Bertz CT molecular complexity index is 707. The Morgan fingerprint density at radius 3 is 2.71 bits per heavy atom. The Kier molecular flexibility index (Phi) is 5.36. The van der Waals surface area contributed by atoms with Crippen molar-refractivity contribution in [1.29, 1.82) is 0 Å². The summed E-state index contributed by atoms with van der Waals surface area (Å²) in [4.78, 5) is 0. The Hall–Kier alpha value is -1.65. The third kappa shape index (κ3) is 3.40. The summed E-state index contributed by atoms with van der Waals surface area (Å²) in [7, 11) is 0. The number of fused-ring (bicyclic) bond motifs is 1. The van der Waals surface area contributed by atoms with Gasteiger partial charge < -0.3 is 15.2 Å². The van der Waals surface area contributed by atoms with Crippen molar-refractivity contribution in [3.63, 3.8) is 0 Å². The fourth-order valence-corrected chi connectivity index (χ4v) is 3.70. The molecule has 0 aromatic heterocycles. The van der Waals surface area contributed by atoms with Gasteiger partial charge in [0, 0.05) is 11.1 Å². The minimum absolute atomic E-state index is 0.0281. The Morgan fingerprint density at radius 2 is 2.00 bits per heavy atom. The van der Waals surface area contributed by atoms with E-state index < -0.39 is 0 Å². The lowest BCUT2D eigenvalue weighted by atomic mass is 9.93. The van der Waals surface area contributed by atoms with Crippen LogP contribution in [0.3, 0.4) is 0 Å². The molecule has 2 aromatic rings. The summed E-state index contributed by atoms with van der Waals surface area (Å²) >= 11 is 1.85. The molecule has 1 unspecified atom stereocenters. The quantitative estimate of drug-likeness (QED) is 0.785. The molecule has 1 heterocycles. The zero-order valence-electron chi connectivity index (χ0n) is 14.6. The predicted octanol–water partition coefficient (Wildman–Crippen LogP) is 4.49. The normalized spacial score (nSPS) is 15.9. The van der Waals surface area contributed by atoms with Crippen molar-refractivity contribution in [2.75, 3.05) is 25.2 Å². The highest BCUT2D eigenvalue weighted by molar-refractivity contribution is 7.98. The summed E-state index contributed by atoms with van der Waals surface area (Å²) in [6.45, 7) is 5.58. The molecule has 1 aliphatic heterocycles. The molecule has 0 bridgehead atoms. The van der Waals surface area contributed by atoms with Crippen LogP contribution in [0.1, 0.15) is 29.2 Å². The van der Waals surface area contributed by atoms with Crippen molar-refractivity contribution in [2.45, 2.75) is 26.3 Å². The Labute approximate surface area is 148 Å². The average molecular weight is 343 g/mol. The number of para-hydroxylation sites is 1. The Balaban J connectivity index is 1.90. The maximum Gasteiger partial charge on any atom is 0.132 e. The van der Waals surface area contributed by atoms with Crippen LogP contribution in [0, 0.1) is 13.8 Å². The summed E-state index contributed by atoms with van der Waals surface area (Å²) in [5.74, 6) is 3.01. The maximum atomic E-state index is 6.13. The van der Waals surface area contributed by atoms with Gasteiger partial charge >= 0.3 is 0 Å². The van der Waals surface area contributed by atoms with Gasteiger partial charge in [-0.05, 0) is 61.1 Å². The van der Waals surface area contributed by atoms with Gasteiger partial charge in [0.2, 0.25) is 0 Å². The smallest absolute Gasteiger partial charge is 0.132 e. The highest BCUT2D eigenvalue weighted by Gasteiger charge is 2.25. The van der Waals surface area contributed by atoms with Crippen LogP contribution in [-0.4, -0.2) is 25.2 Å². The molecular weight excluding hydrogens is 318 g/mol. The van der Waals surface area contributed by atoms with Crippen molar-refractivity contribution >= 4 is 11.8 Å². The maximum absolute atomic E-state index is 6.13. The number of thioether (sulfide) groups is 1. The summed E-state index contributed by atoms with van der Waals surface area (Å²) < 4.78 is 11.8. The van der Waals surface area contributed by atoms with Crippen LogP contribution in [0.25, 0.3) is 11.1 Å². The molecule has 3 rings (SSSR count). The first-order chi connectivity index (χ1) is 11.6. The topological polar surface area (TPSA) is 44.5 Å². The molecule has 0 fully saturated rings. The first kappa shape index (κ1) is 17.2. The number of nitrogens with two attached hydrogens (primary N) is 1. The van der Waals surface area contributed by atoms with Crippen LogP contribution < -0.4 is 15.2 Å². The molecular formula is C20H25NO2S.